The third-order valence-corrected chi connectivity index (χ3v) is 6.80. The standard InChI is InChI=1S/C26H25Cl2NO3/c1-15-21(25(31)32-14-16-8-5-4-6-9-16)22(17-10-7-11-18(27)24(17)28)23-19(29-15)12-26(2,3)13-20(23)30/h4-11,22,29H,12-14H2,1-3H3/t22-/m0/s1. The van der Waals surface area contributed by atoms with Crippen LogP contribution in [0.5, 0.6) is 0 Å². The molecule has 0 saturated carbocycles. The van der Waals surface area contributed by atoms with Crippen LogP contribution < -0.4 is 5.32 Å². The van der Waals surface area contributed by atoms with E-state index in [2.05, 4.69) is 19.2 Å². The lowest BCUT2D eigenvalue weighted by Gasteiger charge is -2.39. The zero-order valence-electron chi connectivity index (χ0n) is 18.3. The van der Waals surface area contributed by atoms with Gasteiger partial charge in [-0.2, -0.15) is 0 Å². The summed E-state index contributed by atoms with van der Waals surface area (Å²) in [5.74, 6) is -1.11. The fourth-order valence-corrected chi connectivity index (χ4v) is 4.98. The molecule has 166 valence electrons. The topological polar surface area (TPSA) is 55.4 Å². The van der Waals surface area contributed by atoms with Gasteiger partial charge in [-0.15, -0.1) is 0 Å². The Hall–Kier alpha value is -2.56. The highest BCUT2D eigenvalue weighted by Gasteiger charge is 2.43. The molecule has 6 heteroatoms. The van der Waals surface area contributed by atoms with E-state index in [1.165, 1.54) is 0 Å². The number of hydrogen-bond acceptors (Lipinski definition) is 4. The number of hydrogen-bond donors (Lipinski definition) is 1. The number of Topliss-reactive ketones (excluding diaryl/α,β-unsaturated/α-hetero) is 1. The van der Waals surface area contributed by atoms with Crippen LogP contribution in [-0.4, -0.2) is 11.8 Å². The highest BCUT2D eigenvalue weighted by atomic mass is 35.5. The SMILES string of the molecule is CC1=C(C(=O)OCc2ccccc2)[C@H](c2cccc(Cl)c2Cl)C2=C(CC(C)(C)CC2=O)N1. The van der Waals surface area contributed by atoms with Gasteiger partial charge in [-0.25, -0.2) is 4.79 Å². The number of benzene rings is 2. The van der Waals surface area contributed by atoms with Gasteiger partial charge >= 0.3 is 5.97 Å². The molecule has 1 N–H and O–H groups in total. The predicted octanol–water partition coefficient (Wildman–Crippen LogP) is 6.34. The van der Waals surface area contributed by atoms with Crippen molar-refractivity contribution in [1.29, 1.82) is 0 Å². The second-order valence-corrected chi connectivity index (χ2v) is 9.92. The summed E-state index contributed by atoms with van der Waals surface area (Å²) in [6.45, 7) is 6.11. The fraction of sp³-hybridized carbons (Fsp3) is 0.308. The van der Waals surface area contributed by atoms with Crippen molar-refractivity contribution in [1.82, 2.24) is 5.32 Å². The molecule has 0 saturated heterocycles. The molecular formula is C26H25Cl2NO3. The second-order valence-electron chi connectivity index (χ2n) is 9.13. The van der Waals surface area contributed by atoms with Crippen LogP contribution in [0.4, 0.5) is 0 Å². The summed E-state index contributed by atoms with van der Waals surface area (Å²) in [7, 11) is 0. The van der Waals surface area contributed by atoms with Crippen molar-refractivity contribution >= 4 is 35.0 Å². The average molecular weight is 470 g/mol. The Bertz CT molecular complexity index is 1150. The zero-order valence-corrected chi connectivity index (χ0v) is 19.8. The van der Waals surface area contributed by atoms with Crippen molar-refractivity contribution in [3.8, 4) is 0 Å². The number of nitrogens with one attached hydrogen (secondary N) is 1. The summed E-state index contributed by atoms with van der Waals surface area (Å²) in [4.78, 5) is 26.7. The van der Waals surface area contributed by atoms with E-state index in [9.17, 15) is 9.59 Å². The Morgan fingerprint density at radius 3 is 2.53 bits per heavy atom. The minimum absolute atomic E-state index is 0.00523. The van der Waals surface area contributed by atoms with Crippen LogP contribution in [-0.2, 0) is 20.9 Å². The van der Waals surface area contributed by atoms with Crippen LogP contribution in [0.2, 0.25) is 10.0 Å². The number of ketones is 1. The molecule has 2 aromatic rings. The molecule has 4 nitrogen and oxygen atoms in total. The summed E-state index contributed by atoms with van der Waals surface area (Å²) in [5.41, 5.74) is 3.81. The van der Waals surface area contributed by atoms with E-state index in [0.29, 0.717) is 45.3 Å². The molecule has 1 aliphatic heterocycles. The van der Waals surface area contributed by atoms with E-state index in [-0.39, 0.29) is 17.8 Å². The number of carbonyl (C=O) groups excluding carboxylic acids is 2. The Balaban J connectivity index is 1.78. The van der Waals surface area contributed by atoms with Gasteiger partial charge < -0.3 is 10.1 Å². The summed E-state index contributed by atoms with van der Waals surface area (Å²) in [6.07, 6.45) is 1.10. The van der Waals surface area contributed by atoms with E-state index >= 15 is 0 Å². The largest absolute Gasteiger partial charge is 0.457 e. The normalized spacial score (nSPS) is 20.0. The van der Waals surface area contributed by atoms with Gasteiger partial charge in [-0.1, -0.05) is 79.5 Å². The molecule has 0 spiro atoms. The molecule has 0 aromatic heterocycles. The van der Waals surface area contributed by atoms with E-state index in [1.54, 1.807) is 12.1 Å². The first-order valence-electron chi connectivity index (χ1n) is 10.6. The van der Waals surface area contributed by atoms with Gasteiger partial charge in [0.05, 0.1) is 15.6 Å². The maximum atomic E-state index is 13.3. The Labute approximate surface area is 198 Å². The van der Waals surface area contributed by atoms with E-state index in [1.807, 2.05) is 43.3 Å². The summed E-state index contributed by atoms with van der Waals surface area (Å²) < 4.78 is 5.67. The smallest absolute Gasteiger partial charge is 0.337 e. The number of halogens is 2. The molecule has 1 heterocycles. The quantitative estimate of drug-likeness (QED) is 0.530. The molecule has 0 fully saturated rings. The predicted molar refractivity (Wildman–Crippen MR) is 126 cm³/mol. The average Bonchev–Trinajstić information content (AvgIpc) is 2.73. The van der Waals surface area contributed by atoms with Gasteiger partial charge in [0.1, 0.15) is 6.61 Å². The lowest BCUT2D eigenvalue weighted by atomic mass is 9.68. The number of rotatable bonds is 4. The third kappa shape index (κ3) is 4.35. The van der Waals surface area contributed by atoms with Crippen molar-refractivity contribution in [3.05, 3.63) is 92.2 Å². The van der Waals surface area contributed by atoms with Gasteiger partial charge in [-0.05, 0) is 36.0 Å². The van der Waals surface area contributed by atoms with Gasteiger partial charge in [0.15, 0.2) is 5.78 Å². The van der Waals surface area contributed by atoms with Gasteiger partial charge in [0.2, 0.25) is 0 Å². The van der Waals surface area contributed by atoms with Crippen LogP contribution in [0, 0.1) is 5.41 Å². The fourth-order valence-electron chi connectivity index (χ4n) is 4.56. The summed E-state index contributed by atoms with van der Waals surface area (Å²) in [5, 5.41) is 4.05. The molecule has 1 atom stereocenters. The van der Waals surface area contributed by atoms with E-state index in [0.717, 1.165) is 11.3 Å². The van der Waals surface area contributed by atoms with Crippen LogP contribution >= 0.6 is 23.2 Å². The number of carbonyl (C=O) groups is 2. The van der Waals surface area contributed by atoms with E-state index in [4.69, 9.17) is 27.9 Å². The first-order chi connectivity index (χ1) is 15.2. The van der Waals surface area contributed by atoms with Gasteiger partial charge in [-0.3, -0.25) is 4.79 Å². The minimum Gasteiger partial charge on any atom is -0.457 e. The number of dihydropyridines is 1. The van der Waals surface area contributed by atoms with Crippen LogP contribution in [0.15, 0.2) is 71.1 Å². The minimum atomic E-state index is -0.635. The van der Waals surface area contributed by atoms with Crippen molar-refractivity contribution in [2.45, 2.75) is 46.1 Å². The second kappa shape index (κ2) is 8.76. The maximum absolute atomic E-state index is 13.3. The van der Waals surface area contributed by atoms with Crippen LogP contribution in [0.25, 0.3) is 0 Å². The first-order valence-corrected chi connectivity index (χ1v) is 11.3. The Morgan fingerprint density at radius 1 is 1.09 bits per heavy atom. The van der Waals surface area contributed by atoms with Crippen molar-refractivity contribution in [2.24, 2.45) is 5.41 Å². The van der Waals surface area contributed by atoms with Gasteiger partial charge in [0.25, 0.3) is 0 Å². The Kier molecular flexibility index (Phi) is 6.19. The number of esters is 1. The highest BCUT2D eigenvalue weighted by molar-refractivity contribution is 6.42. The number of allylic oxidation sites excluding steroid dienone is 3. The Morgan fingerprint density at radius 2 is 1.81 bits per heavy atom. The zero-order chi connectivity index (χ0) is 23.0. The third-order valence-electron chi connectivity index (χ3n) is 5.96. The molecule has 4 rings (SSSR count). The van der Waals surface area contributed by atoms with Crippen molar-refractivity contribution < 1.29 is 14.3 Å². The maximum Gasteiger partial charge on any atom is 0.337 e. The first kappa shape index (κ1) is 22.6. The molecule has 2 aromatic carbocycles. The summed E-state index contributed by atoms with van der Waals surface area (Å²) in [6, 6.07) is 14.8. The van der Waals surface area contributed by atoms with Crippen LogP contribution in [0.1, 0.15) is 50.7 Å². The molecule has 0 unspecified atom stereocenters. The molecule has 1 aliphatic carbocycles. The lowest BCUT2D eigenvalue weighted by molar-refractivity contribution is -0.140. The van der Waals surface area contributed by atoms with E-state index < -0.39 is 11.9 Å². The molecule has 32 heavy (non-hydrogen) atoms. The lowest BCUT2D eigenvalue weighted by Crippen LogP contribution is -2.38. The molecule has 0 amide bonds. The molecular weight excluding hydrogens is 445 g/mol. The van der Waals surface area contributed by atoms with Gasteiger partial charge in [0, 0.05) is 29.3 Å². The van der Waals surface area contributed by atoms with Crippen molar-refractivity contribution in [2.75, 3.05) is 0 Å². The highest BCUT2D eigenvalue weighted by Crippen LogP contribution is 2.48. The summed E-state index contributed by atoms with van der Waals surface area (Å²) >= 11 is 12.9. The van der Waals surface area contributed by atoms with Crippen LogP contribution in [0.3, 0.4) is 0 Å². The monoisotopic (exact) mass is 469 g/mol. The molecule has 2 aliphatic rings. The molecule has 0 radical (unpaired) electrons. The molecule has 0 bridgehead atoms. The number of ether oxygens (including phenoxy) is 1. The van der Waals surface area contributed by atoms with Crippen molar-refractivity contribution in [3.63, 3.8) is 0 Å².